The van der Waals surface area contributed by atoms with Crippen molar-refractivity contribution >= 4 is 34.8 Å². The fourth-order valence-corrected chi connectivity index (χ4v) is 2.95. The van der Waals surface area contributed by atoms with Gasteiger partial charge in [0.15, 0.2) is 0 Å². The zero-order valence-electron chi connectivity index (χ0n) is 15.5. The third-order valence-electron chi connectivity index (χ3n) is 4.15. The van der Waals surface area contributed by atoms with Crippen molar-refractivity contribution in [1.29, 1.82) is 0 Å². The van der Waals surface area contributed by atoms with Gasteiger partial charge in [-0.25, -0.2) is 9.97 Å². The number of hydrogen-bond acceptors (Lipinski definition) is 4. The summed E-state index contributed by atoms with van der Waals surface area (Å²) >= 11 is 6.08. The van der Waals surface area contributed by atoms with E-state index in [0.29, 0.717) is 28.9 Å². The standard InChI is InChI=1S/C21H21ClN4O/c1-4-26(17-8-6-5-7-9-17)20(27)19-12-15(3)23-21(25-19)24-18-13-16(22)11-10-14(18)2/h5-13H,4H2,1-3H3,(H,23,24,25). The number of amides is 1. The third-order valence-corrected chi connectivity index (χ3v) is 4.38. The van der Waals surface area contributed by atoms with Crippen LogP contribution in [0.4, 0.5) is 17.3 Å². The monoisotopic (exact) mass is 380 g/mol. The Labute approximate surface area is 164 Å². The van der Waals surface area contributed by atoms with Gasteiger partial charge in [0.25, 0.3) is 5.91 Å². The topological polar surface area (TPSA) is 58.1 Å². The molecule has 2 aromatic carbocycles. The zero-order valence-corrected chi connectivity index (χ0v) is 16.3. The van der Waals surface area contributed by atoms with Crippen molar-refractivity contribution in [1.82, 2.24) is 9.97 Å². The maximum Gasteiger partial charge on any atom is 0.277 e. The quantitative estimate of drug-likeness (QED) is 0.664. The number of aryl methyl sites for hydroxylation is 2. The Hall–Kier alpha value is -2.92. The smallest absolute Gasteiger partial charge is 0.277 e. The highest BCUT2D eigenvalue weighted by atomic mass is 35.5. The number of nitrogens with zero attached hydrogens (tertiary/aromatic N) is 3. The van der Waals surface area contributed by atoms with Gasteiger partial charge in [-0.3, -0.25) is 4.79 Å². The van der Waals surface area contributed by atoms with Crippen LogP contribution < -0.4 is 10.2 Å². The van der Waals surface area contributed by atoms with E-state index in [2.05, 4.69) is 15.3 Å². The van der Waals surface area contributed by atoms with Gasteiger partial charge in [-0.05, 0) is 56.7 Å². The molecule has 0 fully saturated rings. The lowest BCUT2D eigenvalue weighted by atomic mass is 10.2. The minimum absolute atomic E-state index is 0.167. The Balaban J connectivity index is 1.93. The molecule has 138 valence electrons. The Morgan fingerprint density at radius 1 is 1.07 bits per heavy atom. The van der Waals surface area contributed by atoms with Gasteiger partial charge in [-0.2, -0.15) is 0 Å². The van der Waals surface area contributed by atoms with Crippen LogP contribution in [0.1, 0.15) is 28.7 Å². The third kappa shape index (κ3) is 4.44. The van der Waals surface area contributed by atoms with E-state index in [1.54, 1.807) is 11.0 Å². The first-order valence-corrected chi connectivity index (χ1v) is 9.11. The number of aromatic nitrogens is 2. The Morgan fingerprint density at radius 3 is 2.52 bits per heavy atom. The molecule has 0 radical (unpaired) electrons. The molecule has 0 atom stereocenters. The van der Waals surface area contributed by atoms with Gasteiger partial charge in [-0.1, -0.05) is 35.9 Å². The number of benzene rings is 2. The van der Waals surface area contributed by atoms with Crippen LogP contribution in [-0.4, -0.2) is 22.4 Å². The van der Waals surface area contributed by atoms with Crippen molar-refractivity contribution in [2.45, 2.75) is 20.8 Å². The molecular weight excluding hydrogens is 360 g/mol. The number of para-hydroxylation sites is 1. The molecule has 0 aliphatic rings. The lowest BCUT2D eigenvalue weighted by Crippen LogP contribution is -2.31. The lowest BCUT2D eigenvalue weighted by molar-refractivity contribution is 0.0983. The van der Waals surface area contributed by atoms with Crippen LogP contribution in [0.5, 0.6) is 0 Å². The number of nitrogens with one attached hydrogen (secondary N) is 1. The van der Waals surface area contributed by atoms with Gasteiger partial charge in [0.2, 0.25) is 5.95 Å². The summed E-state index contributed by atoms with van der Waals surface area (Å²) in [5, 5.41) is 3.79. The number of hydrogen-bond donors (Lipinski definition) is 1. The van der Waals surface area contributed by atoms with E-state index in [9.17, 15) is 4.79 Å². The largest absolute Gasteiger partial charge is 0.324 e. The summed E-state index contributed by atoms with van der Waals surface area (Å²) in [4.78, 5) is 23.6. The van der Waals surface area contributed by atoms with Crippen LogP contribution >= 0.6 is 11.6 Å². The maximum absolute atomic E-state index is 13.0. The Bertz CT molecular complexity index is 960. The number of carbonyl (C=O) groups is 1. The van der Waals surface area contributed by atoms with E-state index in [4.69, 9.17) is 11.6 Å². The second-order valence-corrected chi connectivity index (χ2v) is 6.62. The van der Waals surface area contributed by atoms with Crippen molar-refractivity contribution in [3.8, 4) is 0 Å². The van der Waals surface area contributed by atoms with Crippen LogP contribution in [0, 0.1) is 13.8 Å². The van der Waals surface area contributed by atoms with Gasteiger partial charge >= 0.3 is 0 Å². The van der Waals surface area contributed by atoms with Crippen molar-refractivity contribution in [2.24, 2.45) is 0 Å². The molecule has 0 aliphatic carbocycles. The first-order chi connectivity index (χ1) is 13.0. The van der Waals surface area contributed by atoms with E-state index < -0.39 is 0 Å². The minimum Gasteiger partial charge on any atom is -0.324 e. The first-order valence-electron chi connectivity index (χ1n) is 8.73. The molecular formula is C21H21ClN4O. The average molecular weight is 381 g/mol. The van der Waals surface area contributed by atoms with Gasteiger partial charge in [0.05, 0.1) is 0 Å². The summed E-state index contributed by atoms with van der Waals surface area (Å²) < 4.78 is 0. The zero-order chi connectivity index (χ0) is 19.4. The highest BCUT2D eigenvalue weighted by Crippen LogP contribution is 2.23. The van der Waals surface area contributed by atoms with Crippen LogP contribution in [0.2, 0.25) is 5.02 Å². The van der Waals surface area contributed by atoms with Gasteiger partial charge in [0, 0.05) is 28.6 Å². The minimum atomic E-state index is -0.167. The van der Waals surface area contributed by atoms with Gasteiger partial charge < -0.3 is 10.2 Å². The lowest BCUT2D eigenvalue weighted by Gasteiger charge is -2.21. The number of halogens is 1. The van der Waals surface area contributed by atoms with Gasteiger partial charge in [-0.15, -0.1) is 0 Å². The van der Waals surface area contributed by atoms with Crippen molar-refractivity contribution < 1.29 is 4.79 Å². The Kier molecular flexibility index (Phi) is 5.72. The van der Waals surface area contributed by atoms with Crippen molar-refractivity contribution in [2.75, 3.05) is 16.8 Å². The summed E-state index contributed by atoms with van der Waals surface area (Å²) in [6.45, 7) is 6.29. The molecule has 0 aliphatic heterocycles. The summed E-state index contributed by atoms with van der Waals surface area (Å²) in [5.41, 5.74) is 3.70. The summed E-state index contributed by atoms with van der Waals surface area (Å²) in [6, 6.07) is 16.8. The number of carbonyl (C=O) groups excluding carboxylic acids is 1. The fourth-order valence-electron chi connectivity index (χ4n) is 2.77. The summed E-state index contributed by atoms with van der Waals surface area (Å²) in [7, 11) is 0. The molecule has 6 heteroatoms. The molecule has 3 rings (SSSR count). The van der Waals surface area contributed by atoms with E-state index in [1.165, 1.54) is 0 Å². The fraction of sp³-hybridized carbons (Fsp3) is 0.190. The molecule has 5 nitrogen and oxygen atoms in total. The molecule has 1 aromatic heterocycles. The highest BCUT2D eigenvalue weighted by Gasteiger charge is 2.19. The molecule has 1 amide bonds. The molecule has 3 aromatic rings. The number of anilines is 3. The second kappa shape index (κ2) is 8.18. The predicted octanol–water partition coefficient (Wildman–Crippen LogP) is 5.16. The first kappa shape index (κ1) is 18.9. The maximum atomic E-state index is 13.0. The molecule has 1 heterocycles. The van der Waals surface area contributed by atoms with E-state index >= 15 is 0 Å². The van der Waals surface area contributed by atoms with Crippen LogP contribution in [0.25, 0.3) is 0 Å². The summed E-state index contributed by atoms with van der Waals surface area (Å²) in [6.07, 6.45) is 0. The molecule has 0 saturated carbocycles. The molecule has 0 bridgehead atoms. The molecule has 0 spiro atoms. The van der Waals surface area contributed by atoms with E-state index in [1.807, 2.05) is 69.3 Å². The SMILES string of the molecule is CCN(C(=O)c1cc(C)nc(Nc2cc(Cl)ccc2C)n1)c1ccccc1. The van der Waals surface area contributed by atoms with Crippen molar-refractivity contribution in [3.63, 3.8) is 0 Å². The van der Waals surface area contributed by atoms with E-state index in [-0.39, 0.29) is 5.91 Å². The molecule has 0 saturated heterocycles. The van der Waals surface area contributed by atoms with Crippen LogP contribution in [-0.2, 0) is 0 Å². The van der Waals surface area contributed by atoms with Crippen LogP contribution in [0.15, 0.2) is 54.6 Å². The Morgan fingerprint density at radius 2 is 1.81 bits per heavy atom. The van der Waals surface area contributed by atoms with Crippen LogP contribution in [0.3, 0.4) is 0 Å². The molecule has 0 unspecified atom stereocenters. The molecule has 1 N–H and O–H groups in total. The highest BCUT2D eigenvalue weighted by molar-refractivity contribution is 6.30. The van der Waals surface area contributed by atoms with Gasteiger partial charge in [0.1, 0.15) is 5.69 Å². The predicted molar refractivity (Wildman–Crippen MR) is 110 cm³/mol. The normalized spacial score (nSPS) is 10.5. The molecule has 27 heavy (non-hydrogen) atoms. The van der Waals surface area contributed by atoms with Crippen molar-refractivity contribution in [3.05, 3.63) is 76.6 Å². The summed E-state index contributed by atoms with van der Waals surface area (Å²) in [5.74, 6) is 0.202. The average Bonchev–Trinajstić information content (AvgIpc) is 2.65. The number of rotatable bonds is 5. The van der Waals surface area contributed by atoms with E-state index in [0.717, 1.165) is 16.9 Å². The second-order valence-electron chi connectivity index (χ2n) is 6.19.